The number of hydrogen-bond donors (Lipinski definition) is 1. The SMILES string of the molecule is CCOc1ccc(OCC)c(NC(=O)CSc2ccc([N+](=O)[O-])cc2)c1. The average Bonchev–Trinajstić information content (AvgIpc) is 2.63. The summed E-state index contributed by atoms with van der Waals surface area (Å²) in [6, 6.07) is 11.3. The molecule has 0 saturated carbocycles. The number of benzene rings is 2. The molecule has 7 nitrogen and oxygen atoms in total. The van der Waals surface area contributed by atoms with Crippen molar-refractivity contribution in [2.75, 3.05) is 24.3 Å². The third kappa shape index (κ3) is 5.66. The van der Waals surface area contributed by atoms with Crippen molar-refractivity contribution >= 4 is 29.0 Å². The molecule has 0 fully saturated rings. The molecule has 1 amide bonds. The molecule has 26 heavy (non-hydrogen) atoms. The molecule has 0 unspecified atom stereocenters. The first kappa shape index (κ1) is 19.6. The third-order valence-corrected chi connectivity index (χ3v) is 4.27. The summed E-state index contributed by atoms with van der Waals surface area (Å²) in [5.74, 6) is 1.18. The Hall–Kier alpha value is -2.74. The molecule has 1 N–H and O–H groups in total. The fraction of sp³-hybridized carbons (Fsp3) is 0.278. The second-order valence-corrected chi connectivity index (χ2v) is 6.16. The molecule has 138 valence electrons. The van der Waals surface area contributed by atoms with Gasteiger partial charge in [0.2, 0.25) is 5.91 Å². The molecule has 0 heterocycles. The van der Waals surface area contributed by atoms with Gasteiger partial charge in [-0.15, -0.1) is 11.8 Å². The number of carbonyl (C=O) groups is 1. The van der Waals surface area contributed by atoms with Gasteiger partial charge in [0.05, 0.1) is 29.6 Å². The van der Waals surface area contributed by atoms with Gasteiger partial charge in [-0.1, -0.05) is 0 Å². The van der Waals surface area contributed by atoms with Crippen molar-refractivity contribution in [3.8, 4) is 11.5 Å². The second-order valence-electron chi connectivity index (χ2n) is 5.11. The first-order chi connectivity index (χ1) is 12.5. The maximum Gasteiger partial charge on any atom is 0.269 e. The lowest BCUT2D eigenvalue weighted by molar-refractivity contribution is -0.384. The zero-order chi connectivity index (χ0) is 18.9. The van der Waals surface area contributed by atoms with Crippen molar-refractivity contribution in [2.45, 2.75) is 18.7 Å². The number of nitrogens with zero attached hydrogens (tertiary/aromatic N) is 1. The van der Waals surface area contributed by atoms with Crippen LogP contribution in [-0.2, 0) is 4.79 Å². The molecule has 0 aliphatic heterocycles. The fourth-order valence-corrected chi connectivity index (χ4v) is 2.84. The van der Waals surface area contributed by atoms with Gasteiger partial charge in [-0.3, -0.25) is 14.9 Å². The van der Waals surface area contributed by atoms with Gasteiger partial charge in [-0.05, 0) is 38.1 Å². The fourth-order valence-electron chi connectivity index (χ4n) is 2.14. The van der Waals surface area contributed by atoms with Crippen molar-refractivity contribution < 1.29 is 19.2 Å². The first-order valence-corrected chi connectivity index (χ1v) is 9.08. The lowest BCUT2D eigenvalue weighted by Crippen LogP contribution is -2.15. The normalized spacial score (nSPS) is 10.2. The number of nitro groups is 1. The zero-order valence-corrected chi connectivity index (χ0v) is 15.4. The maximum absolute atomic E-state index is 12.3. The summed E-state index contributed by atoms with van der Waals surface area (Å²) in [4.78, 5) is 23.2. The van der Waals surface area contributed by atoms with Crippen LogP contribution in [0.15, 0.2) is 47.4 Å². The molecule has 2 rings (SSSR count). The number of thioether (sulfide) groups is 1. The van der Waals surface area contributed by atoms with Crippen LogP contribution in [0.1, 0.15) is 13.8 Å². The first-order valence-electron chi connectivity index (χ1n) is 8.10. The molecule has 2 aromatic carbocycles. The number of carbonyl (C=O) groups excluding carboxylic acids is 1. The summed E-state index contributed by atoms with van der Waals surface area (Å²) in [7, 11) is 0. The van der Waals surface area contributed by atoms with E-state index in [-0.39, 0.29) is 17.3 Å². The quantitative estimate of drug-likeness (QED) is 0.402. The monoisotopic (exact) mass is 376 g/mol. The minimum Gasteiger partial charge on any atom is -0.494 e. The number of hydrogen-bond acceptors (Lipinski definition) is 6. The molecule has 8 heteroatoms. The number of rotatable bonds is 9. The Balaban J connectivity index is 1.99. The Kier molecular flexibility index (Phi) is 7.28. The Morgan fingerprint density at radius 1 is 1.12 bits per heavy atom. The third-order valence-electron chi connectivity index (χ3n) is 3.25. The lowest BCUT2D eigenvalue weighted by Gasteiger charge is -2.13. The number of nitrogens with one attached hydrogen (secondary N) is 1. The van der Waals surface area contributed by atoms with Gasteiger partial charge >= 0.3 is 0 Å². The lowest BCUT2D eigenvalue weighted by atomic mass is 10.2. The zero-order valence-electron chi connectivity index (χ0n) is 14.6. The van der Waals surface area contributed by atoms with Crippen LogP contribution in [-0.4, -0.2) is 29.8 Å². The highest BCUT2D eigenvalue weighted by Gasteiger charge is 2.11. The van der Waals surface area contributed by atoms with Gasteiger partial charge < -0.3 is 14.8 Å². The van der Waals surface area contributed by atoms with E-state index in [2.05, 4.69) is 5.32 Å². The predicted octanol–water partition coefficient (Wildman–Crippen LogP) is 4.12. The van der Waals surface area contributed by atoms with Crippen molar-refractivity contribution in [2.24, 2.45) is 0 Å². The highest BCUT2D eigenvalue weighted by molar-refractivity contribution is 8.00. The molecule has 0 atom stereocenters. The van der Waals surface area contributed by atoms with E-state index < -0.39 is 4.92 Å². The van der Waals surface area contributed by atoms with Crippen molar-refractivity contribution in [3.63, 3.8) is 0 Å². The van der Waals surface area contributed by atoms with Crippen LogP contribution in [0, 0.1) is 10.1 Å². The molecule has 0 spiro atoms. The minimum absolute atomic E-state index is 0.0212. The van der Waals surface area contributed by atoms with E-state index in [0.717, 1.165) is 4.90 Å². The second kappa shape index (κ2) is 9.67. The van der Waals surface area contributed by atoms with Crippen molar-refractivity contribution in [1.29, 1.82) is 0 Å². The van der Waals surface area contributed by atoms with Crippen LogP contribution in [0.2, 0.25) is 0 Å². The van der Waals surface area contributed by atoms with Gasteiger partial charge in [-0.2, -0.15) is 0 Å². The Morgan fingerprint density at radius 2 is 1.81 bits per heavy atom. The van der Waals surface area contributed by atoms with Crippen LogP contribution in [0.5, 0.6) is 11.5 Å². The molecule has 0 aromatic heterocycles. The number of non-ortho nitro benzene ring substituents is 1. The van der Waals surface area contributed by atoms with Crippen LogP contribution in [0.4, 0.5) is 11.4 Å². The number of ether oxygens (including phenoxy) is 2. The minimum atomic E-state index is -0.457. The highest BCUT2D eigenvalue weighted by Crippen LogP contribution is 2.30. The van der Waals surface area contributed by atoms with Gasteiger partial charge in [0.15, 0.2) is 0 Å². The number of anilines is 1. The standard InChI is InChI=1S/C18H20N2O5S/c1-3-24-14-7-10-17(25-4-2)16(11-14)19-18(21)12-26-15-8-5-13(6-9-15)20(22)23/h5-11H,3-4,12H2,1-2H3,(H,19,21). The van der Waals surface area contributed by atoms with E-state index in [0.29, 0.717) is 30.4 Å². The van der Waals surface area contributed by atoms with Gasteiger partial charge in [0.25, 0.3) is 5.69 Å². The van der Waals surface area contributed by atoms with E-state index in [4.69, 9.17) is 9.47 Å². The Labute approximate surface area is 155 Å². The van der Waals surface area contributed by atoms with Gasteiger partial charge in [0.1, 0.15) is 11.5 Å². The van der Waals surface area contributed by atoms with Crippen LogP contribution in [0.3, 0.4) is 0 Å². The van der Waals surface area contributed by atoms with Gasteiger partial charge in [-0.25, -0.2) is 0 Å². The predicted molar refractivity (Wildman–Crippen MR) is 101 cm³/mol. The van der Waals surface area contributed by atoms with Crippen LogP contribution in [0.25, 0.3) is 0 Å². The summed E-state index contributed by atoms with van der Waals surface area (Å²) in [5, 5.41) is 13.5. The highest BCUT2D eigenvalue weighted by atomic mass is 32.2. The topological polar surface area (TPSA) is 90.7 Å². The van der Waals surface area contributed by atoms with E-state index in [1.54, 1.807) is 30.3 Å². The van der Waals surface area contributed by atoms with Gasteiger partial charge in [0, 0.05) is 23.1 Å². The molecule has 0 aliphatic carbocycles. The molecule has 2 aromatic rings. The average molecular weight is 376 g/mol. The van der Waals surface area contributed by atoms with Crippen molar-refractivity contribution in [1.82, 2.24) is 0 Å². The summed E-state index contributed by atoms with van der Waals surface area (Å²) >= 11 is 1.30. The molecule has 0 bridgehead atoms. The summed E-state index contributed by atoms with van der Waals surface area (Å²) < 4.78 is 11.0. The molecular weight excluding hydrogens is 356 g/mol. The molecule has 0 aliphatic rings. The van der Waals surface area contributed by atoms with E-state index in [1.807, 2.05) is 13.8 Å². The Morgan fingerprint density at radius 3 is 2.42 bits per heavy atom. The number of amides is 1. The Bertz CT molecular complexity index is 765. The smallest absolute Gasteiger partial charge is 0.269 e. The number of nitro benzene ring substituents is 1. The summed E-state index contributed by atoms with van der Waals surface area (Å²) in [5.41, 5.74) is 0.569. The summed E-state index contributed by atoms with van der Waals surface area (Å²) in [6.45, 7) is 4.76. The van der Waals surface area contributed by atoms with Crippen LogP contribution < -0.4 is 14.8 Å². The largest absolute Gasteiger partial charge is 0.494 e. The van der Waals surface area contributed by atoms with E-state index >= 15 is 0 Å². The van der Waals surface area contributed by atoms with E-state index in [9.17, 15) is 14.9 Å². The molecule has 0 radical (unpaired) electrons. The molecular formula is C18H20N2O5S. The van der Waals surface area contributed by atoms with Crippen molar-refractivity contribution in [3.05, 3.63) is 52.6 Å². The summed E-state index contributed by atoms with van der Waals surface area (Å²) in [6.07, 6.45) is 0. The molecule has 0 saturated heterocycles. The maximum atomic E-state index is 12.3. The van der Waals surface area contributed by atoms with Crippen LogP contribution >= 0.6 is 11.8 Å². The van der Waals surface area contributed by atoms with E-state index in [1.165, 1.54) is 23.9 Å².